The molecule has 6 rings (SSSR count). The number of anilines is 1. The van der Waals surface area contributed by atoms with Crippen molar-refractivity contribution >= 4 is 12.1 Å². The molecule has 0 atom stereocenters. The zero-order valence-electron chi connectivity index (χ0n) is 10.9. The van der Waals surface area contributed by atoms with Gasteiger partial charge in [-0.25, -0.2) is 0 Å². The molecule has 0 heterocycles. The first-order valence-corrected chi connectivity index (χ1v) is 6.75. The average Bonchev–Trinajstić information content (AvgIpc) is 2.43. The van der Waals surface area contributed by atoms with Gasteiger partial charge in [-0.3, -0.25) is 4.79 Å². The van der Waals surface area contributed by atoms with E-state index in [1.807, 2.05) is 0 Å². The molecule has 0 unspecified atom stereocenters. The Balaban J connectivity index is 1.98. The van der Waals surface area contributed by atoms with Gasteiger partial charge in [-0.1, -0.05) is 36.4 Å². The van der Waals surface area contributed by atoms with Gasteiger partial charge in [-0.05, 0) is 54.0 Å². The molecular weight excluding hydrogens is 234 g/mol. The highest BCUT2D eigenvalue weighted by molar-refractivity contribution is 5.73. The number of benzene rings is 2. The van der Waals surface area contributed by atoms with Crippen LogP contribution in [0.1, 0.15) is 22.3 Å². The fourth-order valence-corrected chi connectivity index (χ4v) is 2.64. The molecule has 4 bridgehead atoms. The SMILES string of the molecule is O=CNc1cc2ccc1CCc1ccc(cc1)CC2. The van der Waals surface area contributed by atoms with Crippen molar-refractivity contribution in [1.82, 2.24) is 0 Å². The Hall–Kier alpha value is -2.09. The number of hydrogen-bond acceptors (Lipinski definition) is 1. The second-order valence-electron chi connectivity index (χ2n) is 5.07. The predicted molar refractivity (Wildman–Crippen MR) is 77.4 cm³/mol. The summed E-state index contributed by atoms with van der Waals surface area (Å²) in [5, 5.41) is 2.83. The van der Waals surface area contributed by atoms with Crippen molar-refractivity contribution in [2.24, 2.45) is 0 Å². The van der Waals surface area contributed by atoms with Crippen molar-refractivity contribution in [3.8, 4) is 0 Å². The minimum atomic E-state index is 0.766. The molecule has 2 aromatic carbocycles. The van der Waals surface area contributed by atoms with Gasteiger partial charge in [0.2, 0.25) is 6.41 Å². The van der Waals surface area contributed by atoms with Gasteiger partial charge >= 0.3 is 0 Å². The van der Waals surface area contributed by atoms with Crippen LogP contribution in [0, 0.1) is 0 Å². The van der Waals surface area contributed by atoms with E-state index in [4.69, 9.17) is 0 Å². The maximum absolute atomic E-state index is 10.7. The standard InChI is InChI=1S/C17H17NO/c19-12-18-17-11-15-6-5-13-1-3-14(4-2-13)7-9-16(17)10-8-15/h1-4,8,10-12H,5-7,9H2,(H,18,19). The summed E-state index contributed by atoms with van der Waals surface area (Å²) >= 11 is 0. The van der Waals surface area contributed by atoms with Gasteiger partial charge in [0.1, 0.15) is 0 Å². The van der Waals surface area contributed by atoms with Crippen molar-refractivity contribution in [2.45, 2.75) is 25.7 Å². The molecule has 0 saturated carbocycles. The summed E-state index contributed by atoms with van der Waals surface area (Å²) in [5.41, 5.74) is 6.17. The molecule has 0 saturated heterocycles. The van der Waals surface area contributed by atoms with Crippen molar-refractivity contribution in [3.05, 3.63) is 64.7 Å². The van der Waals surface area contributed by atoms with Gasteiger partial charge in [0, 0.05) is 5.69 Å². The summed E-state index contributed by atoms with van der Waals surface area (Å²) in [5.74, 6) is 0. The highest BCUT2D eigenvalue weighted by Gasteiger charge is 2.07. The van der Waals surface area contributed by atoms with Gasteiger partial charge in [-0.2, -0.15) is 0 Å². The van der Waals surface area contributed by atoms with E-state index in [9.17, 15) is 4.79 Å². The number of carbonyl (C=O) groups excluding carboxylic acids is 1. The van der Waals surface area contributed by atoms with E-state index in [1.165, 1.54) is 22.3 Å². The molecule has 2 nitrogen and oxygen atoms in total. The fraction of sp³-hybridized carbons (Fsp3) is 0.235. The third-order valence-corrected chi connectivity index (χ3v) is 3.80. The van der Waals surface area contributed by atoms with E-state index in [-0.39, 0.29) is 0 Å². The van der Waals surface area contributed by atoms with E-state index in [2.05, 4.69) is 47.8 Å². The number of carbonyl (C=O) groups is 1. The third-order valence-electron chi connectivity index (χ3n) is 3.80. The zero-order valence-corrected chi connectivity index (χ0v) is 10.9. The molecule has 96 valence electrons. The molecule has 2 heteroatoms. The van der Waals surface area contributed by atoms with Crippen LogP contribution >= 0.6 is 0 Å². The number of rotatable bonds is 2. The fourth-order valence-electron chi connectivity index (χ4n) is 2.64. The molecular formula is C17H17NO. The molecule has 0 fully saturated rings. The lowest BCUT2D eigenvalue weighted by Crippen LogP contribution is -2.03. The molecule has 0 radical (unpaired) electrons. The lowest BCUT2D eigenvalue weighted by Gasteiger charge is -2.13. The Morgan fingerprint density at radius 3 is 2.05 bits per heavy atom. The van der Waals surface area contributed by atoms with Gasteiger partial charge in [-0.15, -0.1) is 0 Å². The largest absolute Gasteiger partial charge is 0.328 e. The first kappa shape index (κ1) is 12.0. The minimum absolute atomic E-state index is 0.766. The molecule has 2 aromatic rings. The minimum Gasteiger partial charge on any atom is -0.328 e. The maximum Gasteiger partial charge on any atom is 0.211 e. The molecule has 0 aromatic heterocycles. The lowest BCUT2D eigenvalue weighted by molar-refractivity contribution is -0.105. The first-order valence-electron chi connectivity index (χ1n) is 6.75. The summed E-state index contributed by atoms with van der Waals surface area (Å²) in [7, 11) is 0. The van der Waals surface area contributed by atoms with E-state index < -0.39 is 0 Å². The first-order chi connectivity index (χ1) is 9.35. The highest BCUT2D eigenvalue weighted by atomic mass is 16.1. The summed E-state index contributed by atoms with van der Waals surface area (Å²) < 4.78 is 0. The smallest absolute Gasteiger partial charge is 0.211 e. The predicted octanol–water partition coefficient (Wildman–Crippen LogP) is 3.14. The summed E-state index contributed by atoms with van der Waals surface area (Å²) in [6.45, 7) is 0. The summed E-state index contributed by atoms with van der Waals surface area (Å²) in [6, 6.07) is 15.3. The van der Waals surface area contributed by atoms with Crippen LogP contribution in [0.2, 0.25) is 0 Å². The highest BCUT2D eigenvalue weighted by Crippen LogP contribution is 2.22. The number of nitrogens with one attached hydrogen (secondary N) is 1. The van der Waals surface area contributed by atoms with Crippen LogP contribution in [0.15, 0.2) is 42.5 Å². The lowest BCUT2D eigenvalue weighted by atomic mass is 9.95. The topological polar surface area (TPSA) is 29.1 Å². The average molecular weight is 251 g/mol. The van der Waals surface area contributed by atoms with Gasteiger partial charge in [0.15, 0.2) is 0 Å². The second-order valence-corrected chi connectivity index (χ2v) is 5.07. The Morgan fingerprint density at radius 2 is 1.37 bits per heavy atom. The molecule has 0 spiro atoms. The summed E-state index contributed by atoms with van der Waals surface area (Å²) in [4.78, 5) is 10.7. The number of hydrogen-bond donors (Lipinski definition) is 1. The van der Waals surface area contributed by atoms with Crippen LogP contribution in [0.25, 0.3) is 0 Å². The van der Waals surface area contributed by atoms with E-state index in [0.29, 0.717) is 0 Å². The molecule has 1 amide bonds. The number of amides is 1. The van der Waals surface area contributed by atoms with E-state index >= 15 is 0 Å². The van der Waals surface area contributed by atoms with Crippen molar-refractivity contribution in [3.63, 3.8) is 0 Å². The maximum atomic E-state index is 10.7. The Kier molecular flexibility index (Phi) is 3.32. The van der Waals surface area contributed by atoms with Crippen molar-refractivity contribution in [1.29, 1.82) is 0 Å². The summed E-state index contributed by atoms with van der Waals surface area (Å²) in [6.07, 6.45) is 4.78. The van der Waals surface area contributed by atoms with Gasteiger partial charge in [0.25, 0.3) is 0 Å². The van der Waals surface area contributed by atoms with E-state index in [1.54, 1.807) is 0 Å². The number of aryl methyl sites for hydroxylation is 4. The van der Waals surface area contributed by atoms with Gasteiger partial charge < -0.3 is 5.32 Å². The quantitative estimate of drug-likeness (QED) is 0.816. The molecule has 1 N–H and O–H groups in total. The molecule has 19 heavy (non-hydrogen) atoms. The zero-order chi connectivity index (χ0) is 13.1. The third kappa shape index (κ3) is 2.68. The van der Waals surface area contributed by atoms with Crippen LogP contribution in [-0.4, -0.2) is 6.41 Å². The Labute approximate surface area is 113 Å². The van der Waals surface area contributed by atoms with Crippen LogP contribution in [0.5, 0.6) is 0 Å². The second kappa shape index (κ2) is 5.27. The van der Waals surface area contributed by atoms with Crippen molar-refractivity contribution < 1.29 is 4.79 Å². The van der Waals surface area contributed by atoms with Crippen LogP contribution in [0.4, 0.5) is 5.69 Å². The van der Waals surface area contributed by atoms with Crippen LogP contribution < -0.4 is 5.32 Å². The van der Waals surface area contributed by atoms with Gasteiger partial charge in [0.05, 0.1) is 0 Å². The monoisotopic (exact) mass is 251 g/mol. The Bertz CT molecular complexity index is 587. The molecule has 4 aliphatic rings. The van der Waals surface area contributed by atoms with Crippen molar-refractivity contribution in [2.75, 3.05) is 5.32 Å². The van der Waals surface area contributed by atoms with Crippen LogP contribution in [-0.2, 0) is 30.5 Å². The normalized spacial score (nSPS) is 13.7. The van der Waals surface area contributed by atoms with E-state index in [0.717, 1.165) is 37.8 Å². The van der Waals surface area contributed by atoms with Crippen LogP contribution in [0.3, 0.4) is 0 Å². The Morgan fingerprint density at radius 1 is 0.789 bits per heavy atom. The molecule has 0 aliphatic heterocycles. The molecule has 4 aliphatic carbocycles.